The Morgan fingerprint density at radius 3 is 3.14 bits per heavy atom. The number of aromatic nitrogens is 1. The van der Waals surface area contributed by atoms with Crippen LogP contribution in [-0.4, -0.2) is 46.6 Å². The minimum absolute atomic E-state index is 0.0897. The number of thiazole rings is 1. The monoisotopic (exact) mass is 327 g/mol. The van der Waals surface area contributed by atoms with Crippen LogP contribution in [0.5, 0.6) is 0 Å². The van der Waals surface area contributed by atoms with Gasteiger partial charge in [-0.1, -0.05) is 13.3 Å². The third-order valence-electron chi connectivity index (χ3n) is 3.60. The zero-order valence-corrected chi connectivity index (χ0v) is 14.6. The van der Waals surface area contributed by atoms with E-state index in [4.69, 9.17) is 0 Å². The fourth-order valence-corrected chi connectivity index (χ4v) is 4.44. The third-order valence-corrected chi connectivity index (χ3v) is 5.76. The van der Waals surface area contributed by atoms with Crippen molar-refractivity contribution in [2.75, 3.05) is 25.4 Å². The van der Waals surface area contributed by atoms with E-state index in [0.29, 0.717) is 11.8 Å². The number of carbonyl (C=O) groups is 1. The highest BCUT2D eigenvalue weighted by molar-refractivity contribution is 7.99. The maximum absolute atomic E-state index is 12.3. The number of hydrogen-bond donors (Lipinski definition) is 1. The minimum Gasteiger partial charge on any atom is -0.338 e. The molecule has 1 aliphatic heterocycles. The van der Waals surface area contributed by atoms with Crippen LogP contribution in [0.3, 0.4) is 0 Å². The van der Waals surface area contributed by atoms with Crippen LogP contribution in [0, 0.1) is 6.92 Å². The minimum atomic E-state index is 0.0897. The van der Waals surface area contributed by atoms with E-state index in [2.05, 4.69) is 24.1 Å². The predicted molar refractivity (Wildman–Crippen MR) is 91.3 cm³/mol. The molecule has 118 valence electrons. The van der Waals surface area contributed by atoms with Gasteiger partial charge in [-0.2, -0.15) is 11.8 Å². The van der Waals surface area contributed by atoms with Gasteiger partial charge in [0.25, 0.3) is 0 Å². The number of aryl methyl sites for hydroxylation is 1. The molecule has 0 aromatic carbocycles. The first-order valence-electron chi connectivity index (χ1n) is 7.74. The lowest BCUT2D eigenvalue weighted by Crippen LogP contribution is -2.43. The van der Waals surface area contributed by atoms with Crippen LogP contribution in [-0.2, 0) is 6.42 Å². The van der Waals surface area contributed by atoms with Gasteiger partial charge in [-0.3, -0.25) is 0 Å². The molecule has 6 heteroatoms. The van der Waals surface area contributed by atoms with Gasteiger partial charge in [0.15, 0.2) is 0 Å². The summed E-state index contributed by atoms with van der Waals surface area (Å²) in [6.07, 6.45) is 6.31. The third kappa shape index (κ3) is 5.51. The van der Waals surface area contributed by atoms with Crippen LogP contribution in [0.4, 0.5) is 4.79 Å². The summed E-state index contributed by atoms with van der Waals surface area (Å²) < 4.78 is 0. The second-order valence-corrected chi connectivity index (χ2v) is 8.26. The molecule has 0 aliphatic carbocycles. The Morgan fingerprint density at radius 1 is 1.57 bits per heavy atom. The van der Waals surface area contributed by atoms with Crippen molar-refractivity contribution in [1.82, 2.24) is 15.2 Å². The van der Waals surface area contributed by atoms with Crippen LogP contribution in [0.2, 0.25) is 0 Å². The van der Waals surface area contributed by atoms with Crippen molar-refractivity contribution in [2.45, 2.75) is 44.8 Å². The highest BCUT2D eigenvalue weighted by Crippen LogP contribution is 2.22. The van der Waals surface area contributed by atoms with Crippen molar-refractivity contribution < 1.29 is 4.79 Å². The molecule has 1 aromatic rings. The Hall–Kier alpha value is -0.750. The summed E-state index contributed by atoms with van der Waals surface area (Å²) in [6.45, 7) is 6.70. The first kappa shape index (κ1) is 16.6. The van der Waals surface area contributed by atoms with E-state index >= 15 is 0 Å². The number of urea groups is 1. The zero-order valence-electron chi connectivity index (χ0n) is 12.9. The van der Waals surface area contributed by atoms with Crippen molar-refractivity contribution in [3.8, 4) is 0 Å². The van der Waals surface area contributed by atoms with Crippen molar-refractivity contribution in [3.05, 3.63) is 16.1 Å². The molecular weight excluding hydrogens is 302 g/mol. The summed E-state index contributed by atoms with van der Waals surface area (Å²) in [5.74, 6) is 1.13. The molecule has 0 spiro atoms. The average molecular weight is 328 g/mol. The van der Waals surface area contributed by atoms with Gasteiger partial charge in [0.1, 0.15) is 0 Å². The second-order valence-electron chi connectivity index (χ2n) is 5.37. The number of rotatable bonds is 5. The molecule has 2 heterocycles. The summed E-state index contributed by atoms with van der Waals surface area (Å²) >= 11 is 3.69. The van der Waals surface area contributed by atoms with Gasteiger partial charge in [-0.15, -0.1) is 11.3 Å². The van der Waals surface area contributed by atoms with Crippen molar-refractivity contribution >= 4 is 29.1 Å². The normalized spacial score (nSPS) is 19.3. The number of likely N-dealkylation sites (tertiary alicyclic amines) is 1. The maximum atomic E-state index is 12.3. The second kappa shape index (κ2) is 8.63. The molecule has 21 heavy (non-hydrogen) atoms. The fourth-order valence-electron chi connectivity index (χ4n) is 2.56. The largest absolute Gasteiger partial charge is 0.338 e. The Bertz CT molecular complexity index is 450. The summed E-state index contributed by atoms with van der Waals surface area (Å²) in [4.78, 5) is 19.8. The smallest absolute Gasteiger partial charge is 0.317 e. The topological polar surface area (TPSA) is 45.2 Å². The molecule has 1 fully saturated rings. The highest BCUT2D eigenvalue weighted by atomic mass is 32.2. The molecule has 1 aromatic heterocycles. The fraction of sp³-hybridized carbons (Fsp3) is 0.733. The summed E-state index contributed by atoms with van der Waals surface area (Å²) in [5, 5.41) is 4.75. The number of amides is 2. The first-order valence-corrected chi connectivity index (χ1v) is 9.61. The lowest BCUT2D eigenvalue weighted by Gasteiger charge is -2.24. The van der Waals surface area contributed by atoms with Gasteiger partial charge < -0.3 is 10.2 Å². The Kier molecular flexibility index (Phi) is 6.83. The Balaban J connectivity index is 1.75. The molecule has 0 bridgehead atoms. The molecule has 0 saturated carbocycles. The molecule has 1 aliphatic rings. The number of carbonyl (C=O) groups excluding carboxylic acids is 1. The van der Waals surface area contributed by atoms with Gasteiger partial charge >= 0.3 is 6.03 Å². The van der Waals surface area contributed by atoms with Crippen molar-refractivity contribution in [2.24, 2.45) is 0 Å². The summed E-state index contributed by atoms with van der Waals surface area (Å²) in [7, 11) is 0. The van der Waals surface area contributed by atoms with Crippen LogP contribution in [0.15, 0.2) is 6.20 Å². The molecule has 2 amide bonds. The molecule has 0 radical (unpaired) electrons. The van der Waals surface area contributed by atoms with E-state index in [1.165, 1.54) is 17.7 Å². The quantitative estimate of drug-likeness (QED) is 0.902. The van der Waals surface area contributed by atoms with Gasteiger partial charge in [0, 0.05) is 42.4 Å². The molecule has 4 nitrogen and oxygen atoms in total. The number of hydrogen-bond acceptors (Lipinski definition) is 4. The predicted octanol–water partition coefficient (Wildman–Crippen LogP) is 3.31. The van der Waals surface area contributed by atoms with E-state index < -0.39 is 0 Å². The Labute approximate surface area is 135 Å². The molecule has 1 saturated heterocycles. The maximum Gasteiger partial charge on any atom is 0.317 e. The molecule has 2 rings (SSSR count). The van der Waals surface area contributed by atoms with E-state index in [1.54, 1.807) is 11.3 Å². The SMILES string of the molecule is CCS[C@H]1CCCCN(C(=O)NCCc2ncc(C)s2)C1. The lowest BCUT2D eigenvalue weighted by molar-refractivity contribution is 0.200. The summed E-state index contributed by atoms with van der Waals surface area (Å²) in [6, 6.07) is 0.0897. The van der Waals surface area contributed by atoms with Crippen LogP contribution < -0.4 is 5.32 Å². The number of thioether (sulfide) groups is 1. The van der Waals surface area contributed by atoms with Gasteiger partial charge in [-0.05, 0) is 25.5 Å². The van der Waals surface area contributed by atoms with Crippen molar-refractivity contribution in [3.63, 3.8) is 0 Å². The number of nitrogens with zero attached hydrogens (tertiary/aromatic N) is 2. The van der Waals surface area contributed by atoms with Gasteiger partial charge in [0.2, 0.25) is 0 Å². The van der Waals surface area contributed by atoms with Crippen LogP contribution >= 0.6 is 23.1 Å². The zero-order chi connectivity index (χ0) is 15.1. The first-order chi connectivity index (χ1) is 10.2. The van der Waals surface area contributed by atoms with E-state index in [1.807, 2.05) is 22.9 Å². The van der Waals surface area contributed by atoms with Gasteiger partial charge in [-0.25, -0.2) is 9.78 Å². The van der Waals surface area contributed by atoms with Crippen LogP contribution in [0.1, 0.15) is 36.1 Å². The van der Waals surface area contributed by atoms with Crippen molar-refractivity contribution in [1.29, 1.82) is 0 Å². The molecular formula is C15H25N3OS2. The van der Waals surface area contributed by atoms with E-state index in [0.717, 1.165) is 36.7 Å². The van der Waals surface area contributed by atoms with E-state index in [9.17, 15) is 4.79 Å². The lowest BCUT2D eigenvalue weighted by atomic mass is 10.2. The highest BCUT2D eigenvalue weighted by Gasteiger charge is 2.21. The Morgan fingerprint density at radius 2 is 2.43 bits per heavy atom. The van der Waals surface area contributed by atoms with E-state index in [-0.39, 0.29) is 6.03 Å². The molecule has 1 atom stereocenters. The average Bonchev–Trinajstić information content (AvgIpc) is 2.73. The molecule has 1 N–H and O–H groups in total. The standard InChI is InChI=1S/C15H25N3OS2/c1-3-20-13-6-4-5-9-18(11-13)15(19)16-8-7-14-17-10-12(2)21-14/h10,13H,3-9,11H2,1-2H3,(H,16,19)/t13-/m0/s1. The summed E-state index contributed by atoms with van der Waals surface area (Å²) in [5.41, 5.74) is 0. The van der Waals surface area contributed by atoms with Crippen LogP contribution in [0.25, 0.3) is 0 Å². The van der Waals surface area contributed by atoms with Gasteiger partial charge in [0.05, 0.1) is 5.01 Å². The molecule has 0 unspecified atom stereocenters. The number of nitrogens with one attached hydrogen (secondary N) is 1.